The number of nitrogens with zero attached hydrogens (tertiary/aromatic N) is 3. The Morgan fingerprint density at radius 2 is 1.81 bits per heavy atom. The third-order valence-electron chi connectivity index (χ3n) is 4.34. The van der Waals surface area contributed by atoms with Crippen LogP contribution in [-0.4, -0.2) is 20.7 Å². The SMILES string of the molecule is CC1=C(C(=O)OCc2ccccc2)[C@@H](c2ccccc2)n2ncnc2N1. The van der Waals surface area contributed by atoms with E-state index in [1.807, 2.05) is 67.6 Å². The van der Waals surface area contributed by atoms with E-state index in [1.54, 1.807) is 4.68 Å². The van der Waals surface area contributed by atoms with E-state index in [0.29, 0.717) is 11.5 Å². The maximum Gasteiger partial charge on any atom is 0.338 e. The van der Waals surface area contributed by atoms with Crippen LogP contribution in [-0.2, 0) is 16.1 Å². The van der Waals surface area contributed by atoms with Gasteiger partial charge in [0.1, 0.15) is 19.0 Å². The molecule has 1 atom stereocenters. The number of hydrogen-bond donors (Lipinski definition) is 1. The lowest BCUT2D eigenvalue weighted by Crippen LogP contribution is -2.29. The van der Waals surface area contributed by atoms with Crippen molar-refractivity contribution in [1.29, 1.82) is 0 Å². The summed E-state index contributed by atoms with van der Waals surface area (Å²) in [4.78, 5) is 17.1. The van der Waals surface area contributed by atoms with Gasteiger partial charge in [-0.1, -0.05) is 60.7 Å². The highest BCUT2D eigenvalue weighted by Gasteiger charge is 2.34. The second kappa shape index (κ2) is 6.84. The van der Waals surface area contributed by atoms with Crippen molar-refractivity contribution in [1.82, 2.24) is 14.8 Å². The zero-order valence-corrected chi connectivity index (χ0v) is 14.3. The molecule has 2 aromatic carbocycles. The van der Waals surface area contributed by atoms with Gasteiger partial charge >= 0.3 is 5.97 Å². The van der Waals surface area contributed by atoms with Gasteiger partial charge in [-0.25, -0.2) is 9.48 Å². The first-order chi connectivity index (χ1) is 12.7. The van der Waals surface area contributed by atoms with Crippen molar-refractivity contribution in [3.8, 4) is 0 Å². The van der Waals surface area contributed by atoms with Crippen LogP contribution in [0.15, 0.2) is 78.3 Å². The summed E-state index contributed by atoms with van der Waals surface area (Å²) in [6, 6.07) is 19.0. The minimum absolute atomic E-state index is 0.224. The van der Waals surface area contributed by atoms with Crippen LogP contribution in [0.3, 0.4) is 0 Å². The van der Waals surface area contributed by atoms with Crippen molar-refractivity contribution in [2.24, 2.45) is 0 Å². The standard InChI is InChI=1S/C20H18N4O2/c1-14-17(19(25)26-12-15-8-4-2-5-9-15)18(16-10-6-3-7-11-16)24-20(23-14)21-13-22-24/h2-11,13,18H,12H2,1H3,(H,21,22,23)/t18-/m1/s1. The summed E-state index contributed by atoms with van der Waals surface area (Å²) in [6.45, 7) is 2.08. The van der Waals surface area contributed by atoms with Crippen LogP contribution >= 0.6 is 0 Å². The van der Waals surface area contributed by atoms with Gasteiger partial charge in [-0.05, 0) is 18.1 Å². The van der Waals surface area contributed by atoms with E-state index in [1.165, 1.54) is 6.33 Å². The van der Waals surface area contributed by atoms with Gasteiger partial charge < -0.3 is 10.1 Å². The van der Waals surface area contributed by atoms with E-state index in [4.69, 9.17) is 4.74 Å². The predicted octanol–water partition coefficient (Wildman–Crippen LogP) is 3.31. The Bertz CT molecular complexity index is 948. The van der Waals surface area contributed by atoms with Crippen LogP contribution in [0.25, 0.3) is 0 Å². The summed E-state index contributed by atoms with van der Waals surface area (Å²) in [5.74, 6) is 0.241. The van der Waals surface area contributed by atoms with E-state index in [0.717, 1.165) is 16.8 Å². The molecule has 0 radical (unpaired) electrons. The van der Waals surface area contributed by atoms with Gasteiger partial charge in [-0.2, -0.15) is 10.1 Å². The molecule has 0 saturated heterocycles. The van der Waals surface area contributed by atoms with Gasteiger partial charge in [0.25, 0.3) is 0 Å². The number of esters is 1. The van der Waals surface area contributed by atoms with Crippen LogP contribution < -0.4 is 5.32 Å². The van der Waals surface area contributed by atoms with Crippen molar-refractivity contribution in [2.45, 2.75) is 19.6 Å². The molecule has 4 rings (SSSR count). The van der Waals surface area contributed by atoms with Gasteiger partial charge in [0, 0.05) is 5.70 Å². The van der Waals surface area contributed by atoms with Crippen molar-refractivity contribution in [3.63, 3.8) is 0 Å². The Morgan fingerprint density at radius 3 is 2.54 bits per heavy atom. The first kappa shape index (κ1) is 16.1. The number of carbonyl (C=O) groups excluding carboxylic acids is 1. The van der Waals surface area contributed by atoms with E-state index in [-0.39, 0.29) is 18.6 Å². The first-order valence-electron chi connectivity index (χ1n) is 8.37. The molecule has 0 unspecified atom stereocenters. The van der Waals surface area contributed by atoms with Gasteiger partial charge in [0.15, 0.2) is 0 Å². The molecule has 0 fully saturated rings. The minimum atomic E-state index is -0.377. The molecular formula is C20H18N4O2. The first-order valence-corrected chi connectivity index (χ1v) is 8.37. The van der Waals surface area contributed by atoms with Crippen LogP contribution in [0.5, 0.6) is 0 Å². The maximum absolute atomic E-state index is 12.9. The number of fused-ring (bicyclic) bond motifs is 1. The third kappa shape index (κ3) is 2.97. The van der Waals surface area contributed by atoms with Crippen molar-refractivity contribution in [2.75, 3.05) is 5.32 Å². The molecule has 1 aliphatic rings. The zero-order chi connectivity index (χ0) is 17.9. The lowest BCUT2D eigenvalue weighted by atomic mass is 9.96. The topological polar surface area (TPSA) is 69.0 Å². The number of carbonyl (C=O) groups is 1. The number of benzene rings is 2. The smallest absolute Gasteiger partial charge is 0.338 e. The minimum Gasteiger partial charge on any atom is -0.457 e. The van der Waals surface area contributed by atoms with Gasteiger partial charge in [-0.15, -0.1) is 0 Å². The average molecular weight is 346 g/mol. The monoisotopic (exact) mass is 346 g/mol. The number of rotatable bonds is 4. The number of allylic oxidation sites excluding steroid dienone is 1. The molecular weight excluding hydrogens is 328 g/mol. The molecule has 130 valence electrons. The molecule has 1 aromatic heterocycles. The van der Waals surface area contributed by atoms with E-state index in [9.17, 15) is 4.79 Å². The summed E-state index contributed by atoms with van der Waals surface area (Å²) in [7, 11) is 0. The second-order valence-corrected chi connectivity index (χ2v) is 6.07. The second-order valence-electron chi connectivity index (χ2n) is 6.07. The molecule has 2 heterocycles. The fourth-order valence-corrected chi connectivity index (χ4v) is 3.10. The van der Waals surface area contributed by atoms with E-state index >= 15 is 0 Å². The largest absolute Gasteiger partial charge is 0.457 e. The van der Waals surface area contributed by atoms with Crippen molar-refractivity contribution < 1.29 is 9.53 Å². The van der Waals surface area contributed by atoms with Crippen molar-refractivity contribution >= 4 is 11.9 Å². The Kier molecular flexibility index (Phi) is 4.23. The predicted molar refractivity (Wildman–Crippen MR) is 97.2 cm³/mol. The Balaban J connectivity index is 1.67. The van der Waals surface area contributed by atoms with Gasteiger partial charge in [0.05, 0.1) is 5.57 Å². The lowest BCUT2D eigenvalue weighted by Gasteiger charge is -2.28. The summed E-state index contributed by atoms with van der Waals surface area (Å²) in [5.41, 5.74) is 3.15. The summed E-state index contributed by atoms with van der Waals surface area (Å²) >= 11 is 0. The molecule has 0 saturated carbocycles. The molecule has 6 nitrogen and oxygen atoms in total. The van der Waals surface area contributed by atoms with Gasteiger partial charge in [0.2, 0.25) is 5.95 Å². The van der Waals surface area contributed by atoms with Crippen molar-refractivity contribution in [3.05, 3.63) is 89.4 Å². The summed E-state index contributed by atoms with van der Waals surface area (Å²) in [5, 5.41) is 7.44. The summed E-state index contributed by atoms with van der Waals surface area (Å²) in [6.07, 6.45) is 1.48. The highest BCUT2D eigenvalue weighted by atomic mass is 16.5. The van der Waals surface area contributed by atoms with Crippen LogP contribution in [0, 0.1) is 0 Å². The Hall–Kier alpha value is -3.41. The van der Waals surface area contributed by atoms with Crippen LogP contribution in [0.1, 0.15) is 24.1 Å². The number of aromatic nitrogens is 3. The van der Waals surface area contributed by atoms with E-state index < -0.39 is 0 Å². The molecule has 1 aliphatic heterocycles. The zero-order valence-electron chi connectivity index (χ0n) is 14.3. The van der Waals surface area contributed by atoms with Gasteiger partial charge in [-0.3, -0.25) is 0 Å². The molecule has 1 N–H and O–H groups in total. The van der Waals surface area contributed by atoms with Crippen LogP contribution in [0.4, 0.5) is 5.95 Å². The Labute approximate surface area is 151 Å². The molecule has 6 heteroatoms. The molecule has 0 bridgehead atoms. The summed E-state index contributed by atoms with van der Waals surface area (Å²) < 4.78 is 7.29. The highest BCUT2D eigenvalue weighted by molar-refractivity contribution is 5.92. The molecule has 3 aromatic rings. The molecule has 0 spiro atoms. The maximum atomic E-state index is 12.9. The lowest BCUT2D eigenvalue weighted by molar-refractivity contribution is -0.140. The normalized spacial score (nSPS) is 16.0. The average Bonchev–Trinajstić information content (AvgIpc) is 3.14. The number of ether oxygens (including phenoxy) is 1. The fraction of sp³-hybridized carbons (Fsp3) is 0.150. The number of anilines is 1. The number of hydrogen-bond acceptors (Lipinski definition) is 5. The molecule has 0 aliphatic carbocycles. The Morgan fingerprint density at radius 1 is 1.12 bits per heavy atom. The molecule has 0 amide bonds. The molecule has 26 heavy (non-hydrogen) atoms. The van der Waals surface area contributed by atoms with Crippen LogP contribution in [0.2, 0.25) is 0 Å². The quantitative estimate of drug-likeness (QED) is 0.734. The number of nitrogens with one attached hydrogen (secondary N) is 1. The highest BCUT2D eigenvalue weighted by Crippen LogP contribution is 2.35. The fourth-order valence-electron chi connectivity index (χ4n) is 3.10. The third-order valence-corrected chi connectivity index (χ3v) is 4.34. The van der Waals surface area contributed by atoms with E-state index in [2.05, 4.69) is 15.4 Å².